The Balaban J connectivity index is 2.19. The van der Waals surface area contributed by atoms with Crippen molar-refractivity contribution in [2.75, 3.05) is 5.32 Å². The van der Waals surface area contributed by atoms with Crippen molar-refractivity contribution in [3.05, 3.63) is 65.0 Å². The maximum atomic E-state index is 10.9. The van der Waals surface area contributed by atoms with Gasteiger partial charge in [0.2, 0.25) is 0 Å². The SMILES string of the molecule is O=[N+]([O-])c1cc(CNc2ccc(Br)c(Cl)c2Cl)ccc1Br. The Kier molecular flexibility index (Phi) is 5.48. The predicted octanol–water partition coefficient (Wildman–Crippen LogP) is 6.04. The van der Waals surface area contributed by atoms with Gasteiger partial charge < -0.3 is 5.32 Å². The molecule has 0 heterocycles. The molecule has 0 fully saturated rings. The molecule has 0 amide bonds. The Hall–Kier alpha value is -0.820. The first kappa shape index (κ1) is 16.5. The molecule has 0 saturated carbocycles. The van der Waals surface area contributed by atoms with Gasteiger partial charge in [-0.15, -0.1) is 0 Å². The monoisotopic (exact) mass is 452 g/mol. The number of nitrogens with zero attached hydrogens (tertiary/aromatic N) is 1. The zero-order valence-corrected chi connectivity index (χ0v) is 15.1. The molecule has 0 aromatic heterocycles. The van der Waals surface area contributed by atoms with Crippen molar-refractivity contribution in [1.29, 1.82) is 0 Å². The first-order valence-corrected chi connectivity index (χ1v) is 8.04. The molecule has 0 aliphatic rings. The Morgan fingerprint density at radius 1 is 1.10 bits per heavy atom. The number of nitro benzene ring substituents is 1. The van der Waals surface area contributed by atoms with Crippen LogP contribution in [-0.2, 0) is 6.54 Å². The van der Waals surface area contributed by atoms with Crippen LogP contribution in [0.25, 0.3) is 0 Å². The Morgan fingerprint density at radius 3 is 2.43 bits per heavy atom. The number of hydrogen-bond donors (Lipinski definition) is 1. The second-order valence-corrected chi connectivity index (χ2v) is 6.58. The number of hydrogen-bond acceptors (Lipinski definition) is 3. The highest BCUT2D eigenvalue weighted by Gasteiger charge is 2.13. The summed E-state index contributed by atoms with van der Waals surface area (Å²) < 4.78 is 1.15. The Morgan fingerprint density at radius 2 is 1.76 bits per heavy atom. The second kappa shape index (κ2) is 6.96. The first-order chi connectivity index (χ1) is 9.90. The zero-order chi connectivity index (χ0) is 15.6. The van der Waals surface area contributed by atoms with E-state index in [9.17, 15) is 10.1 Å². The van der Waals surface area contributed by atoms with Crippen LogP contribution in [0.3, 0.4) is 0 Å². The number of nitro groups is 1. The van der Waals surface area contributed by atoms with Gasteiger partial charge in [0, 0.05) is 17.1 Å². The summed E-state index contributed by atoms with van der Waals surface area (Å²) in [4.78, 5) is 10.5. The summed E-state index contributed by atoms with van der Waals surface area (Å²) in [5.74, 6) is 0. The summed E-state index contributed by atoms with van der Waals surface area (Å²) in [7, 11) is 0. The van der Waals surface area contributed by atoms with Crippen LogP contribution in [0.5, 0.6) is 0 Å². The highest BCUT2D eigenvalue weighted by molar-refractivity contribution is 9.11. The molecular weight excluding hydrogens is 447 g/mol. The van der Waals surface area contributed by atoms with Crippen LogP contribution in [0.4, 0.5) is 11.4 Å². The van der Waals surface area contributed by atoms with Crippen molar-refractivity contribution in [3.63, 3.8) is 0 Å². The van der Waals surface area contributed by atoms with E-state index in [1.165, 1.54) is 6.07 Å². The lowest BCUT2D eigenvalue weighted by Gasteiger charge is -2.10. The summed E-state index contributed by atoms with van der Waals surface area (Å²) >= 11 is 18.6. The van der Waals surface area contributed by atoms with E-state index in [4.69, 9.17) is 23.2 Å². The van der Waals surface area contributed by atoms with Gasteiger partial charge in [-0.3, -0.25) is 10.1 Å². The normalized spacial score (nSPS) is 10.5. The van der Waals surface area contributed by atoms with E-state index in [0.29, 0.717) is 31.2 Å². The van der Waals surface area contributed by atoms with Crippen molar-refractivity contribution in [3.8, 4) is 0 Å². The highest BCUT2D eigenvalue weighted by atomic mass is 79.9. The number of nitrogens with one attached hydrogen (secondary N) is 1. The topological polar surface area (TPSA) is 55.2 Å². The largest absolute Gasteiger partial charge is 0.380 e. The molecule has 4 nitrogen and oxygen atoms in total. The molecule has 0 spiro atoms. The molecule has 2 rings (SSSR count). The van der Waals surface area contributed by atoms with Crippen LogP contribution in [0.15, 0.2) is 39.3 Å². The van der Waals surface area contributed by atoms with Crippen molar-refractivity contribution in [2.24, 2.45) is 0 Å². The van der Waals surface area contributed by atoms with Crippen LogP contribution >= 0.6 is 55.1 Å². The van der Waals surface area contributed by atoms with Crippen LogP contribution in [0.1, 0.15) is 5.56 Å². The second-order valence-electron chi connectivity index (χ2n) is 4.12. The lowest BCUT2D eigenvalue weighted by molar-refractivity contribution is -0.385. The molecule has 0 aliphatic heterocycles. The smallest absolute Gasteiger partial charge is 0.283 e. The third-order valence-electron chi connectivity index (χ3n) is 2.73. The molecule has 1 N–H and O–H groups in total. The molecular formula is C13H8Br2Cl2N2O2. The minimum Gasteiger partial charge on any atom is -0.380 e. The van der Waals surface area contributed by atoms with Crippen LogP contribution in [0, 0.1) is 10.1 Å². The lowest BCUT2D eigenvalue weighted by atomic mass is 10.2. The molecule has 0 unspecified atom stereocenters. The van der Waals surface area contributed by atoms with Gasteiger partial charge in [-0.1, -0.05) is 29.3 Å². The van der Waals surface area contributed by atoms with E-state index in [-0.39, 0.29) is 5.69 Å². The summed E-state index contributed by atoms with van der Waals surface area (Å²) in [5, 5.41) is 14.8. The number of anilines is 1. The third kappa shape index (κ3) is 3.88. The van der Waals surface area contributed by atoms with Crippen molar-refractivity contribution >= 4 is 66.4 Å². The maximum absolute atomic E-state index is 10.9. The van der Waals surface area contributed by atoms with Crippen LogP contribution < -0.4 is 5.32 Å². The first-order valence-electron chi connectivity index (χ1n) is 5.70. The standard InChI is InChI=1S/C13H8Br2Cl2N2O2/c14-8-2-1-7(5-11(8)19(20)21)6-18-10-4-3-9(15)12(16)13(10)17/h1-5,18H,6H2. The molecule has 2 aromatic carbocycles. The maximum Gasteiger partial charge on any atom is 0.283 e. The van der Waals surface area contributed by atoms with E-state index >= 15 is 0 Å². The molecule has 0 radical (unpaired) electrons. The van der Waals surface area contributed by atoms with Gasteiger partial charge in [0.05, 0.1) is 25.1 Å². The fraction of sp³-hybridized carbons (Fsp3) is 0.0769. The minimum absolute atomic E-state index is 0.0224. The molecule has 21 heavy (non-hydrogen) atoms. The number of rotatable bonds is 4. The average molecular weight is 455 g/mol. The van der Waals surface area contributed by atoms with Crippen molar-refractivity contribution < 1.29 is 4.92 Å². The molecule has 2 aromatic rings. The quantitative estimate of drug-likeness (QED) is 0.348. The lowest BCUT2D eigenvalue weighted by Crippen LogP contribution is -2.01. The fourth-order valence-electron chi connectivity index (χ4n) is 1.67. The number of benzene rings is 2. The Bertz CT molecular complexity index is 711. The van der Waals surface area contributed by atoms with Crippen LogP contribution in [0.2, 0.25) is 10.0 Å². The van der Waals surface area contributed by atoms with E-state index in [1.807, 2.05) is 0 Å². The summed E-state index contributed by atoms with van der Waals surface area (Å²) in [6.45, 7) is 0.395. The third-order valence-corrected chi connectivity index (χ3v) is 5.17. The minimum atomic E-state index is -0.433. The predicted molar refractivity (Wildman–Crippen MR) is 92.3 cm³/mol. The van der Waals surface area contributed by atoms with Gasteiger partial charge >= 0.3 is 0 Å². The van der Waals surface area contributed by atoms with Gasteiger partial charge in [0.15, 0.2) is 0 Å². The number of halogens is 4. The van der Waals surface area contributed by atoms with Crippen LogP contribution in [-0.4, -0.2) is 4.92 Å². The van der Waals surface area contributed by atoms with E-state index in [2.05, 4.69) is 37.2 Å². The van der Waals surface area contributed by atoms with Gasteiger partial charge in [0.25, 0.3) is 5.69 Å². The van der Waals surface area contributed by atoms with Gasteiger partial charge in [0.1, 0.15) is 0 Å². The fourth-order valence-corrected chi connectivity index (χ4v) is 2.90. The summed E-state index contributed by atoms with van der Waals surface area (Å²) in [6, 6.07) is 8.50. The molecule has 0 aliphatic carbocycles. The summed E-state index contributed by atoms with van der Waals surface area (Å²) in [6.07, 6.45) is 0. The highest BCUT2D eigenvalue weighted by Crippen LogP contribution is 2.36. The molecule has 110 valence electrons. The van der Waals surface area contributed by atoms with Gasteiger partial charge in [-0.25, -0.2) is 0 Å². The van der Waals surface area contributed by atoms with Gasteiger partial charge in [-0.2, -0.15) is 0 Å². The summed E-state index contributed by atoms with van der Waals surface area (Å²) in [5.41, 5.74) is 1.45. The van der Waals surface area contributed by atoms with E-state index in [1.54, 1.807) is 24.3 Å². The van der Waals surface area contributed by atoms with E-state index in [0.717, 1.165) is 5.56 Å². The van der Waals surface area contributed by atoms with Crippen molar-refractivity contribution in [2.45, 2.75) is 6.54 Å². The van der Waals surface area contributed by atoms with Crippen molar-refractivity contribution in [1.82, 2.24) is 0 Å². The van der Waals surface area contributed by atoms with E-state index < -0.39 is 4.92 Å². The van der Waals surface area contributed by atoms with Gasteiger partial charge in [-0.05, 0) is 55.6 Å². The zero-order valence-electron chi connectivity index (χ0n) is 10.4. The molecule has 0 saturated heterocycles. The molecule has 0 atom stereocenters. The average Bonchev–Trinajstić information content (AvgIpc) is 2.45. The molecule has 8 heteroatoms. The molecule has 0 bridgehead atoms. The Labute approximate surface area is 147 Å².